The van der Waals surface area contributed by atoms with E-state index in [0.29, 0.717) is 67.9 Å². The number of rotatable bonds is 9. The Balaban J connectivity index is 1.31. The molecule has 1 aromatic carbocycles. The van der Waals surface area contributed by atoms with Crippen LogP contribution in [0.5, 0.6) is 0 Å². The molecule has 2 saturated heterocycles. The first kappa shape index (κ1) is 30.8. The van der Waals surface area contributed by atoms with Crippen molar-refractivity contribution >= 4 is 34.2 Å². The first-order valence-corrected chi connectivity index (χ1v) is 15.0. The van der Waals surface area contributed by atoms with Crippen molar-refractivity contribution in [3.8, 4) is 11.3 Å². The van der Waals surface area contributed by atoms with Crippen molar-refractivity contribution in [2.75, 3.05) is 49.5 Å². The fraction of sp³-hybridized carbons (Fsp3) is 0.483. The molecular formula is C29H34F3N7O3S. The van der Waals surface area contributed by atoms with Crippen LogP contribution in [-0.2, 0) is 17.5 Å². The minimum absolute atomic E-state index is 0.0882. The Morgan fingerprint density at radius 1 is 1.09 bits per heavy atom. The third-order valence-electron chi connectivity index (χ3n) is 7.84. The van der Waals surface area contributed by atoms with Crippen molar-refractivity contribution in [2.24, 2.45) is 0 Å². The summed E-state index contributed by atoms with van der Waals surface area (Å²) < 4.78 is 40.8. The second kappa shape index (κ2) is 12.9. The van der Waals surface area contributed by atoms with Crippen LogP contribution >= 0.6 is 11.3 Å². The number of likely N-dealkylation sites (tertiary alicyclic amines) is 1. The van der Waals surface area contributed by atoms with Crippen molar-refractivity contribution in [1.29, 1.82) is 0 Å². The van der Waals surface area contributed by atoms with Crippen molar-refractivity contribution < 1.29 is 27.9 Å². The number of nitrogens with one attached hydrogen (secondary N) is 1. The van der Waals surface area contributed by atoms with Gasteiger partial charge >= 0.3 is 12.1 Å². The number of benzene rings is 1. The third kappa shape index (κ3) is 7.67. The van der Waals surface area contributed by atoms with Gasteiger partial charge in [0.1, 0.15) is 11.5 Å². The van der Waals surface area contributed by atoms with Crippen molar-refractivity contribution in [3.05, 3.63) is 52.3 Å². The fourth-order valence-electron chi connectivity index (χ4n) is 5.45. The first-order valence-electron chi connectivity index (χ1n) is 14.2. The molecule has 10 nitrogen and oxygen atoms in total. The number of amides is 1. The molecule has 0 saturated carbocycles. The van der Waals surface area contributed by atoms with E-state index in [4.69, 9.17) is 5.11 Å². The first-order chi connectivity index (χ1) is 20.5. The van der Waals surface area contributed by atoms with E-state index >= 15 is 0 Å². The van der Waals surface area contributed by atoms with Gasteiger partial charge in [0.15, 0.2) is 5.13 Å². The van der Waals surface area contributed by atoms with Gasteiger partial charge in [0.25, 0.3) is 5.91 Å². The zero-order chi connectivity index (χ0) is 30.7. The smallest absolute Gasteiger partial charge is 0.416 e. The molecule has 1 amide bonds. The van der Waals surface area contributed by atoms with E-state index < -0.39 is 23.6 Å². The Morgan fingerprint density at radius 2 is 1.86 bits per heavy atom. The van der Waals surface area contributed by atoms with Gasteiger partial charge in [-0.05, 0) is 57.0 Å². The van der Waals surface area contributed by atoms with Crippen LogP contribution in [0.2, 0.25) is 0 Å². The van der Waals surface area contributed by atoms with Crippen LogP contribution in [0.4, 0.5) is 24.1 Å². The summed E-state index contributed by atoms with van der Waals surface area (Å²) in [7, 11) is 0. The Kier molecular flexibility index (Phi) is 9.28. The maximum absolute atomic E-state index is 13.6. The van der Waals surface area contributed by atoms with E-state index in [1.54, 1.807) is 13.0 Å². The van der Waals surface area contributed by atoms with Gasteiger partial charge in [-0.15, -0.1) is 0 Å². The number of carboxylic acid groups (broad SMARTS) is 1. The molecule has 0 spiro atoms. The normalized spacial score (nSPS) is 18.3. The summed E-state index contributed by atoms with van der Waals surface area (Å²) in [5, 5.41) is 11.9. The second-order valence-electron chi connectivity index (χ2n) is 11.0. The average Bonchev–Trinajstić information content (AvgIpc) is 3.56. The van der Waals surface area contributed by atoms with Gasteiger partial charge in [0.2, 0.25) is 0 Å². The molecule has 0 radical (unpaired) electrons. The highest BCUT2D eigenvalue weighted by atomic mass is 32.1. The maximum atomic E-state index is 13.6. The Bertz CT molecular complexity index is 1460. The zero-order valence-corrected chi connectivity index (χ0v) is 24.8. The fourth-order valence-corrected chi connectivity index (χ4v) is 6.46. The molecule has 1 unspecified atom stereocenters. The third-order valence-corrected chi connectivity index (χ3v) is 8.80. The number of carbonyl (C=O) groups is 2. The molecule has 3 aromatic rings. The number of aliphatic carboxylic acids is 1. The van der Waals surface area contributed by atoms with Crippen LogP contribution in [0.3, 0.4) is 0 Å². The van der Waals surface area contributed by atoms with Crippen LogP contribution in [-0.4, -0.2) is 87.0 Å². The summed E-state index contributed by atoms with van der Waals surface area (Å²) in [4.78, 5) is 44.4. The molecular weight excluding hydrogens is 583 g/mol. The zero-order valence-electron chi connectivity index (χ0n) is 24.0. The molecule has 2 aliphatic heterocycles. The number of hydrogen-bond donors (Lipinski definition) is 2. The number of hydrogen-bond acceptors (Lipinski definition) is 9. The van der Waals surface area contributed by atoms with E-state index in [9.17, 15) is 22.8 Å². The molecule has 14 heteroatoms. The molecule has 2 aromatic heterocycles. The number of nitrogens with zero attached hydrogens (tertiary/aromatic N) is 6. The largest absolute Gasteiger partial charge is 0.481 e. The number of halogens is 3. The molecule has 2 N–H and O–H groups in total. The summed E-state index contributed by atoms with van der Waals surface area (Å²) in [5.74, 6) is -0.716. The molecule has 2 fully saturated rings. The Morgan fingerprint density at radius 3 is 2.49 bits per heavy atom. The summed E-state index contributed by atoms with van der Waals surface area (Å²) in [6.45, 7) is 8.40. The summed E-state index contributed by atoms with van der Waals surface area (Å²) >= 11 is 1.25. The number of piperazine rings is 1. The molecule has 1 atom stereocenters. The quantitative estimate of drug-likeness (QED) is 0.351. The van der Waals surface area contributed by atoms with Crippen LogP contribution < -0.4 is 10.2 Å². The predicted octanol–water partition coefficient (Wildman–Crippen LogP) is 4.76. The number of aromatic nitrogens is 3. The number of alkyl halides is 3. The lowest BCUT2D eigenvalue weighted by Gasteiger charge is -2.34. The standard InChI is InChI=1S/C29H34F3N7O3S/c1-18-12-20(14-21(13-18)29(30,31)32)26-23(17-39-6-3-4-19(39)2)43-28(35-26)36-27(42)22-15-34-24(16-33-22)38-10-8-37(9-11-38)7-5-25(40)41/h12-16,19H,3-11,17H2,1-2H3,(H,40,41)(H,35,36,42). The Labute approximate surface area is 251 Å². The van der Waals surface area contributed by atoms with Crippen LogP contribution in [0.15, 0.2) is 30.6 Å². The van der Waals surface area contributed by atoms with E-state index in [2.05, 4.69) is 37.0 Å². The highest BCUT2D eigenvalue weighted by Crippen LogP contribution is 2.38. The molecule has 0 bridgehead atoms. The lowest BCUT2D eigenvalue weighted by molar-refractivity contribution is -0.138. The number of carboxylic acids is 1. The van der Waals surface area contributed by atoms with Crippen molar-refractivity contribution in [2.45, 2.75) is 51.9 Å². The highest BCUT2D eigenvalue weighted by Gasteiger charge is 2.32. The van der Waals surface area contributed by atoms with Crippen LogP contribution in [0.25, 0.3) is 11.3 Å². The number of anilines is 2. The number of thiazole rings is 1. The highest BCUT2D eigenvalue weighted by molar-refractivity contribution is 7.16. The second-order valence-corrected chi connectivity index (χ2v) is 12.1. The molecule has 0 aliphatic carbocycles. The predicted molar refractivity (Wildman–Crippen MR) is 157 cm³/mol. The SMILES string of the molecule is Cc1cc(-c2nc(NC(=O)c3cnc(N4CCN(CCC(=O)O)CC4)cn3)sc2CN2CCCC2C)cc(C(F)(F)F)c1. The number of carbonyl (C=O) groups excluding carboxylic acids is 1. The molecule has 2 aliphatic rings. The molecule has 43 heavy (non-hydrogen) atoms. The summed E-state index contributed by atoms with van der Waals surface area (Å²) in [6.07, 6.45) is 0.630. The van der Waals surface area contributed by atoms with E-state index in [1.165, 1.54) is 23.7 Å². The molecule has 5 rings (SSSR count). The summed E-state index contributed by atoms with van der Waals surface area (Å²) in [6, 6.07) is 4.25. The molecule has 4 heterocycles. The number of aryl methyl sites for hydroxylation is 1. The van der Waals surface area contributed by atoms with E-state index in [1.807, 2.05) is 4.90 Å². The van der Waals surface area contributed by atoms with E-state index in [-0.39, 0.29) is 17.2 Å². The van der Waals surface area contributed by atoms with E-state index in [0.717, 1.165) is 36.4 Å². The average molecular weight is 618 g/mol. The van der Waals surface area contributed by atoms with Gasteiger partial charge < -0.3 is 10.0 Å². The van der Waals surface area contributed by atoms with Gasteiger partial charge in [0, 0.05) is 55.8 Å². The monoisotopic (exact) mass is 617 g/mol. The van der Waals surface area contributed by atoms with Gasteiger partial charge in [-0.2, -0.15) is 13.2 Å². The van der Waals surface area contributed by atoms with Crippen molar-refractivity contribution in [1.82, 2.24) is 24.8 Å². The van der Waals surface area contributed by atoms with Gasteiger partial charge in [-0.3, -0.25) is 24.7 Å². The van der Waals surface area contributed by atoms with Crippen molar-refractivity contribution in [3.63, 3.8) is 0 Å². The lowest BCUT2D eigenvalue weighted by atomic mass is 10.0. The maximum Gasteiger partial charge on any atom is 0.416 e. The minimum atomic E-state index is -4.49. The topological polar surface area (TPSA) is 115 Å². The van der Waals surface area contributed by atoms with Gasteiger partial charge in [-0.1, -0.05) is 11.3 Å². The molecule has 230 valence electrons. The lowest BCUT2D eigenvalue weighted by Crippen LogP contribution is -2.47. The Hall–Kier alpha value is -3.62. The van der Waals surface area contributed by atoms with Gasteiger partial charge in [0.05, 0.1) is 30.1 Å². The summed E-state index contributed by atoms with van der Waals surface area (Å²) in [5.41, 5.74) is 0.612. The van der Waals surface area contributed by atoms with Gasteiger partial charge in [-0.25, -0.2) is 15.0 Å². The minimum Gasteiger partial charge on any atom is -0.481 e. The van der Waals surface area contributed by atoms with Crippen LogP contribution in [0, 0.1) is 6.92 Å². The van der Waals surface area contributed by atoms with Crippen LogP contribution in [0.1, 0.15) is 52.7 Å².